The molecule has 0 aromatic heterocycles. The third-order valence-corrected chi connectivity index (χ3v) is 5.49. The second-order valence-electron chi connectivity index (χ2n) is 6.44. The van der Waals surface area contributed by atoms with E-state index < -0.39 is 0 Å². The van der Waals surface area contributed by atoms with Gasteiger partial charge in [-0.1, -0.05) is 24.3 Å². The second kappa shape index (κ2) is 7.96. The normalized spacial score (nSPS) is 15.4. The standard InChI is InChI=1S/C21H25BrN2O/c1-16-6-4-5-7-18(16)14-17(2)23-10-12-24(13-11-23)19-8-9-20(22)21(15-19)25-3/h4-9,14-15H,10-13H2,1-3H3. The zero-order valence-corrected chi connectivity index (χ0v) is 16.7. The maximum absolute atomic E-state index is 5.42. The SMILES string of the molecule is COc1cc(N2CCN(C(C)=Cc3ccccc3C)CC2)ccc1Br. The van der Waals surface area contributed by atoms with Crippen molar-refractivity contribution in [3.63, 3.8) is 0 Å². The molecule has 1 aliphatic rings. The van der Waals surface area contributed by atoms with E-state index in [0.29, 0.717) is 0 Å². The van der Waals surface area contributed by atoms with Crippen molar-refractivity contribution in [2.75, 3.05) is 38.2 Å². The molecule has 2 aromatic carbocycles. The number of rotatable bonds is 4. The Balaban J connectivity index is 1.66. The molecule has 1 saturated heterocycles. The van der Waals surface area contributed by atoms with Crippen LogP contribution in [0.5, 0.6) is 5.75 Å². The van der Waals surface area contributed by atoms with E-state index >= 15 is 0 Å². The smallest absolute Gasteiger partial charge is 0.135 e. The Bertz CT molecular complexity index is 764. The molecular formula is C21H25BrN2O. The van der Waals surface area contributed by atoms with Gasteiger partial charge in [0.05, 0.1) is 11.6 Å². The number of hydrogen-bond donors (Lipinski definition) is 0. The van der Waals surface area contributed by atoms with Gasteiger partial charge in [0.15, 0.2) is 0 Å². The number of nitrogens with zero attached hydrogens (tertiary/aromatic N) is 2. The highest BCUT2D eigenvalue weighted by atomic mass is 79.9. The number of ether oxygens (including phenoxy) is 1. The van der Waals surface area contributed by atoms with E-state index in [4.69, 9.17) is 4.74 Å². The Hall–Kier alpha value is -1.94. The summed E-state index contributed by atoms with van der Waals surface area (Å²) in [5.74, 6) is 0.885. The fourth-order valence-corrected chi connectivity index (χ4v) is 3.64. The molecule has 0 bridgehead atoms. The molecule has 0 aliphatic carbocycles. The zero-order chi connectivity index (χ0) is 17.8. The number of benzene rings is 2. The Morgan fingerprint density at radius 3 is 2.48 bits per heavy atom. The molecule has 1 heterocycles. The zero-order valence-electron chi connectivity index (χ0n) is 15.1. The van der Waals surface area contributed by atoms with Gasteiger partial charge in [-0.2, -0.15) is 0 Å². The van der Waals surface area contributed by atoms with Crippen LogP contribution < -0.4 is 9.64 Å². The van der Waals surface area contributed by atoms with Crippen LogP contribution in [0.25, 0.3) is 6.08 Å². The fraction of sp³-hybridized carbons (Fsp3) is 0.333. The number of piperazine rings is 1. The Morgan fingerprint density at radius 2 is 1.80 bits per heavy atom. The van der Waals surface area contributed by atoms with Crippen LogP contribution in [0.1, 0.15) is 18.1 Å². The summed E-state index contributed by atoms with van der Waals surface area (Å²) in [7, 11) is 1.71. The van der Waals surface area contributed by atoms with Gasteiger partial charge in [-0.15, -0.1) is 0 Å². The fourth-order valence-electron chi connectivity index (χ4n) is 3.23. The van der Waals surface area contributed by atoms with Crippen molar-refractivity contribution >= 4 is 27.7 Å². The Labute approximate surface area is 159 Å². The average Bonchev–Trinajstić information content (AvgIpc) is 2.64. The van der Waals surface area contributed by atoms with Crippen molar-refractivity contribution in [1.82, 2.24) is 4.90 Å². The van der Waals surface area contributed by atoms with Crippen LogP contribution >= 0.6 is 15.9 Å². The van der Waals surface area contributed by atoms with Crippen molar-refractivity contribution < 1.29 is 4.74 Å². The molecule has 1 aliphatic heterocycles. The molecule has 4 heteroatoms. The third kappa shape index (κ3) is 4.18. The van der Waals surface area contributed by atoms with Gasteiger partial charge in [-0.3, -0.25) is 0 Å². The predicted molar refractivity (Wildman–Crippen MR) is 109 cm³/mol. The van der Waals surface area contributed by atoms with Crippen LogP contribution in [0.3, 0.4) is 0 Å². The molecule has 25 heavy (non-hydrogen) atoms. The summed E-state index contributed by atoms with van der Waals surface area (Å²) in [4.78, 5) is 4.89. The van der Waals surface area contributed by atoms with E-state index in [0.717, 1.165) is 36.4 Å². The Kier molecular flexibility index (Phi) is 5.69. The minimum absolute atomic E-state index is 0.885. The number of methoxy groups -OCH3 is 1. The molecule has 0 radical (unpaired) electrons. The van der Waals surface area contributed by atoms with Crippen LogP contribution in [-0.2, 0) is 0 Å². The summed E-state index contributed by atoms with van der Waals surface area (Å²) in [5, 5.41) is 0. The largest absolute Gasteiger partial charge is 0.495 e. The van der Waals surface area contributed by atoms with Crippen molar-refractivity contribution in [3.05, 3.63) is 63.8 Å². The molecular weight excluding hydrogens is 376 g/mol. The number of allylic oxidation sites excluding steroid dienone is 1. The number of hydrogen-bond acceptors (Lipinski definition) is 3. The number of halogens is 1. The number of anilines is 1. The van der Waals surface area contributed by atoms with Gasteiger partial charge >= 0.3 is 0 Å². The van der Waals surface area contributed by atoms with Crippen LogP contribution in [-0.4, -0.2) is 38.2 Å². The van der Waals surface area contributed by atoms with E-state index in [1.807, 2.05) is 0 Å². The first-order valence-electron chi connectivity index (χ1n) is 8.66. The molecule has 0 atom stereocenters. The lowest BCUT2D eigenvalue weighted by Crippen LogP contribution is -2.45. The van der Waals surface area contributed by atoms with Gasteiger partial charge in [0.1, 0.15) is 5.75 Å². The third-order valence-electron chi connectivity index (χ3n) is 4.83. The first-order chi connectivity index (χ1) is 12.1. The molecule has 0 spiro atoms. The maximum atomic E-state index is 5.42. The molecule has 0 N–H and O–H groups in total. The van der Waals surface area contributed by atoms with Crippen LogP contribution in [0.15, 0.2) is 52.6 Å². The monoisotopic (exact) mass is 400 g/mol. The highest BCUT2D eigenvalue weighted by molar-refractivity contribution is 9.10. The van der Waals surface area contributed by atoms with Crippen molar-refractivity contribution in [2.45, 2.75) is 13.8 Å². The molecule has 2 aromatic rings. The lowest BCUT2D eigenvalue weighted by molar-refractivity contribution is 0.324. The quantitative estimate of drug-likeness (QED) is 0.721. The van der Waals surface area contributed by atoms with Crippen molar-refractivity contribution in [3.8, 4) is 5.75 Å². The highest BCUT2D eigenvalue weighted by Gasteiger charge is 2.18. The molecule has 0 amide bonds. The maximum Gasteiger partial charge on any atom is 0.135 e. The molecule has 0 unspecified atom stereocenters. The number of aryl methyl sites for hydroxylation is 1. The topological polar surface area (TPSA) is 15.7 Å². The highest BCUT2D eigenvalue weighted by Crippen LogP contribution is 2.30. The summed E-state index contributed by atoms with van der Waals surface area (Å²) >= 11 is 3.52. The van der Waals surface area contributed by atoms with Crippen molar-refractivity contribution in [1.29, 1.82) is 0 Å². The van der Waals surface area contributed by atoms with E-state index in [9.17, 15) is 0 Å². The van der Waals surface area contributed by atoms with E-state index in [2.05, 4.69) is 88.1 Å². The van der Waals surface area contributed by atoms with Gasteiger partial charge in [0.25, 0.3) is 0 Å². The van der Waals surface area contributed by atoms with E-state index in [1.165, 1.54) is 22.5 Å². The minimum atomic E-state index is 0.885. The first kappa shape index (κ1) is 17.9. The van der Waals surface area contributed by atoms with Gasteiger partial charge in [-0.25, -0.2) is 0 Å². The summed E-state index contributed by atoms with van der Waals surface area (Å²) in [6, 6.07) is 14.9. The summed E-state index contributed by atoms with van der Waals surface area (Å²) < 4.78 is 6.42. The lowest BCUT2D eigenvalue weighted by atomic mass is 10.1. The van der Waals surface area contributed by atoms with Gasteiger partial charge in [-0.05, 0) is 59.1 Å². The van der Waals surface area contributed by atoms with Gasteiger partial charge in [0.2, 0.25) is 0 Å². The average molecular weight is 401 g/mol. The summed E-state index contributed by atoms with van der Waals surface area (Å²) in [5.41, 5.74) is 5.19. The second-order valence-corrected chi connectivity index (χ2v) is 7.29. The van der Waals surface area contributed by atoms with Crippen LogP contribution in [0, 0.1) is 6.92 Å². The first-order valence-corrected chi connectivity index (χ1v) is 9.45. The predicted octanol–water partition coefficient (Wildman–Crippen LogP) is 4.95. The summed E-state index contributed by atoms with van der Waals surface area (Å²) in [6.45, 7) is 8.48. The summed E-state index contributed by atoms with van der Waals surface area (Å²) in [6.07, 6.45) is 2.30. The van der Waals surface area contributed by atoms with E-state index in [1.54, 1.807) is 7.11 Å². The lowest BCUT2D eigenvalue weighted by Gasteiger charge is -2.38. The molecule has 132 valence electrons. The molecule has 1 fully saturated rings. The molecule has 3 rings (SSSR count). The van der Waals surface area contributed by atoms with Crippen LogP contribution in [0.4, 0.5) is 5.69 Å². The molecule has 0 saturated carbocycles. The van der Waals surface area contributed by atoms with E-state index in [-0.39, 0.29) is 0 Å². The van der Waals surface area contributed by atoms with Gasteiger partial charge in [0, 0.05) is 43.6 Å². The van der Waals surface area contributed by atoms with Crippen LogP contribution in [0.2, 0.25) is 0 Å². The van der Waals surface area contributed by atoms with Gasteiger partial charge < -0.3 is 14.5 Å². The molecule has 3 nitrogen and oxygen atoms in total. The van der Waals surface area contributed by atoms with Crippen molar-refractivity contribution in [2.24, 2.45) is 0 Å². The Morgan fingerprint density at radius 1 is 1.08 bits per heavy atom. The minimum Gasteiger partial charge on any atom is -0.495 e.